The quantitative estimate of drug-likeness (QED) is 0.262. The minimum Gasteiger partial charge on any atom is -0.422 e. The third kappa shape index (κ3) is 3.43. The summed E-state index contributed by atoms with van der Waals surface area (Å²) in [4.78, 5) is 12.4. The van der Waals surface area contributed by atoms with Crippen molar-refractivity contribution in [2.45, 2.75) is 41.5 Å². The van der Waals surface area contributed by atoms with Crippen molar-refractivity contribution in [1.29, 1.82) is 0 Å². The summed E-state index contributed by atoms with van der Waals surface area (Å²) < 4.78 is 5.54. The highest BCUT2D eigenvalue weighted by molar-refractivity contribution is 6.15. The van der Waals surface area contributed by atoms with E-state index in [1.165, 1.54) is 5.56 Å². The van der Waals surface area contributed by atoms with Crippen LogP contribution in [0.2, 0.25) is 0 Å². The van der Waals surface area contributed by atoms with Crippen LogP contribution in [0.5, 0.6) is 0 Å². The summed E-state index contributed by atoms with van der Waals surface area (Å²) in [6.07, 6.45) is 0. The zero-order valence-electron chi connectivity index (χ0n) is 15.9. The molecule has 1 heterocycles. The maximum absolute atomic E-state index is 12.4. The summed E-state index contributed by atoms with van der Waals surface area (Å²) in [6, 6.07) is 16.2. The van der Waals surface area contributed by atoms with E-state index in [9.17, 15) is 4.79 Å². The summed E-state index contributed by atoms with van der Waals surface area (Å²) in [5.41, 5.74) is 2.65. The number of rotatable bonds is 0. The van der Waals surface area contributed by atoms with E-state index in [0.717, 1.165) is 27.1 Å². The molecule has 0 spiro atoms. The summed E-state index contributed by atoms with van der Waals surface area (Å²) in [7, 11) is 0. The number of fused-ring (bicyclic) bond motifs is 5. The van der Waals surface area contributed by atoms with Gasteiger partial charge in [-0.3, -0.25) is 0 Å². The normalized spacial score (nSPS) is 10.2. The lowest BCUT2D eigenvalue weighted by atomic mass is 9.99. The minimum atomic E-state index is -0.266. The fourth-order valence-electron chi connectivity index (χ4n) is 2.98. The molecule has 0 aliphatic carbocycles. The van der Waals surface area contributed by atoms with Crippen LogP contribution in [0.15, 0.2) is 57.7 Å². The zero-order valence-corrected chi connectivity index (χ0v) is 15.9. The molecule has 3 aromatic carbocycles. The lowest BCUT2D eigenvalue weighted by Gasteiger charge is -2.07. The maximum atomic E-state index is 12.4. The van der Waals surface area contributed by atoms with E-state index in [-0.39, 0.29) is 5.63 Å². The molecule has 2 nitrogen and oxygen atoms in total. The van der Waals surface area contributed by atoms with Gasteiger partial charge in [0.1, 0.15) is 5.58 Å². The van der Waals surface area contributed by atoms with Crippen LogP contribution >= 0.6 is 0 Å². The first kappa shape index (κ1) is 18.7. The fraction of sp³-hybridized carbons (Fsp3) is 0.261. The predicted molar refractivity (Wildman–Crippen MR) is 110 cm³/mol. The predicted octanol–water partition coefficient (Wildman–Crippen LogP) is 6.77. The standard InChI is InChI=1S/C19H14O2.2C2H6/c1-11-3-6-14-13(9-11)5-8-16-15-7-4-12(2)10-17(15)21-19(20)18(14)16;2*1-2/h3-10H,1-2H3;2*1-2H3. The maximum Gasteiger partial charge on any atom is 0.344 e. The molecule has 0 atom stereocenters. The van der Waals surface area contributed by atoms with E-state index in [1.54, 1.807) is 0 Å². The van der Waals surface area contributed by atoms with Crippen LogP contribution in [0.4, 0.5) is 0 Å². The molecule has 4 aromatic rings. The molecule has 1 aromatic heterocycles. The van der Waals surface area contributed by atoms with Crippen molar-refractivity contribution in [3.63, 3.8) is 0 Å². The van der Waals surface area contributed by atoms with Gasteiger partial charge in [-0.2, -0.15) is 0 Å². The van der Waals surface area contributed by atoms with Gasteiger partial charge in [0.05, 0.1) is 5.39 Å². The second-order valence-electron chi connectivity index (χ2n) is 5.60. The first-order chi connectivity index (χ1) is 12.1. The van der Waals surface area contributed by atoms with Crippen LogP contribution in [-0.2, 0) is 0 Å². The summed E-state index contributed by atoms with van der Waals surface area (Å²) in [6.45, 7) is 12.0. The first-order valence-electron chi connectivity index (χ1n) is 9.00. The Balaban J connectivity index is 0.000000528. The zero-order chi connectivity index (χ0) is 18.6. The lowest BCUT2D eigenvalue weighted by molar-refractivity contribution is 0.570. The molecule has 0 bridgehead atoms. The van der Waals surface area contributed by atoms with E-state index < -0.39 is 0 Å². The summed E-state index contributed by atoms with van der Waals surface area (Å²) >= 11 is 0. The van der Waals surface area contributed by atoms with Crippen molar-refractivity contribution in [2.75, 3.05) is 0 Å². The van der Waals surface area contributed by atoms with Gasteiger partial charge in [-0.25, -0.2) is 4.79 Å². The average molecular weight is 334 g/mol. The molecule has 0 amide bonds. The van der Waals surface area contributed by atoms with Gasteiger partial charge in [-0.05, 0) is 36.2 Å². The van der Waals surface area contributed by atoms with Crippen LogP contribution in [-0.4, -0.2) is 0 Å². The largest absolute Gasteiger partial charge is 0.422 e. The van der Waals surface area contributed by atoms with Crippen molar-refractivity contribution in [1.82, 2.24) is 0 Å². The molecule has 0 unspecified atom stereocenters. The van der Waals surface area contributed by atoms with Crippen LogP contribution in [0.3, 0.4) is 0 Å². The van der Waals surface area contributed by atoms with Gasteiger partial charge in [0.25, 0.3) is 0 Å². The molecule has 0 fully saturated rings. The van der Waals surface area contributed by atoms with E-state index in [0.29, 0.717) is 11.0 Å². The van der Waals surface area contributed by atoms with Crippen LogP contribution in [0.1, 0.15) is 38.8 Å². The third-order valence-corrected chi connectivity index (χ3v) is 4.01. The van der Waals surface area contributed by atoms with Gasteiger partial charge < -0.3 is 4.42 Å². The van der Waals surface area contributed by atoms with E-state index in [4.69, 9.17) is 4.42 Å². The average Bonchev–Trinajstić information content (AvgIpc) is 2.64. The SMILES string of the molecule is CC.CC.Cc1ccc2c(ccc3c4ccc(C)cc4oc(=O)c23)c1. The fourth-order valence-corrected chi connectivity index (χ4v) is 2.98. The number of hydrogen-bond acceptors (Lipinski definition) is 2. The van der Waals surface area contributed by atoms with Crippen LogP contribution < -0.4 is 5.63 Å². The van der Waals surface area contributed by atoms with Gasteiger partial charge in [0, 0.05) is 10.8 Å². The minimum absolute atomic E-state index is 0.266. The molecule has 0 saturated carbocycles. The van der Waals surface area contributed by atoms with Crippen molar-refractivity contribution in [3.05, 3.63) is 70.1 Å². The number of hydrogen-bond donors (Lipinski definition) is 0. The monoisotopic (exact) mass is 334 g/mol. The van der Waals surface area contributed by atoms with Crippen molar-refractivity contribution in [2.24, 2.45) is 0 Å². The van der Waals surface area contributed by atoms with Crippen molar-refractivity contribution < 1.29 is 4.42 Å². The second kappa shape index (κ2) is 7.98. The Kier molecular flexibility index (Phi) is 5.97. The molecule has 0 saturated heterocycles. The topological polar surface area (TPSA) is 30.2 Å². The van der Waals surface area contributed by atoms with E-state index in [1.807, 2.05) is 71.0 Å². The van der Waals surface area contributed by atoms with Gasteiger partial charge >= 0.3 is 5.63 Å². The molecule has 0 N–H and O–H groups in total. The lowest BCUT2D eigenvalue weighted by Crippen LogP contribution is -2.01. The smallest absolute Gasteiger partial charge is 0.344 e. The summed E-state index contributed by atoms with van der Waals surface area (Å²) in [5, 5.41) is 4.63. The molecule has 25 heavy (non-hydrogen) atoms. The Bertz CT molecular complexity index is 1070. The van der Waals surface area contributed by atoms with Crippen LogP contribution in [0.25, 0.3) is 32.5 Å². The highest BCUT2D eigenvalue weighted by Crippen LogP contribution is 2.29. The number of aryl methyl sites for hydroxylation is 2. The molecule has 4 rings (SSSR count). The summed E-state index contributed by atoms with van der Waals surface area (Å²) in [5.74, 6) is 0. The Hall–Kier alpha value is -2.61. The molecule has 130 valence electrons. The van der Waals surface area contributed by atoms with Gasteiger partial charge in [-0.15, -0.1) is 0 Å². The first-order valence-corrected chi connectivity index (χ1v) is 9.00. The van der Waals surface area contributed by atoms with Gasteiger partial charge in [0.15, 0.2) is 0 Å². The molecule has 0 radical (unpaired) electrons. The molecule has 2 heteroatoms. The van der Waals surface area contributed by atoms with E-state index in [2.05, 4.69) is 19.1 Å². The van der Waals surface area contributed by atoms with Crippen molar-refractivity contribution in [3.8, 4) is 0 Å². The van der Waals surface area contributed by atoms with Gasteiger partial charge in [-0.1, -0.05) is 75.7 Å². The Labute approximate surface area is 149 Å². The number of benzene rings is 3. The van der Waals surface area contributed by atoms with E-state index >= 15 is 0 Å². The Morgan fingerprint density at radius 3 is 1.92 bits per heavy atom. The molecule has 0 aliphatic heterocycles. The third-order valence-electron chi connectivity index (χ3n) is 4.01. The molecular formula is C23H26O2. The van der Waals surface area contributed by atoms with Crippen molar-refractivity contribution >= 4 is 32.5 Å². The molecule has 0 aliphatic rings. The van der Waals surface area contributed by atoms with Crippen LogP contribution in [0, 0.1) is 13.8 Å². The Morgan fingerprint density at radius 2 is 1.24 bits per heavy atom. The Morgan fingerprint density at radius 1 is 0.680 bits per heavy atom. The highest BCUT2D eigenvalue weighted by atomic mass is 16.4. The van der Waals surface area contributed by atoms with Gasteiger partial charge in [0.2, 0.25) is 0 Å². The molecular weight excluding hydrogens is 308 g/mol. The second-order valence-corrected chi connectivity index (χ2v) is 5.60. The highest BCUT2D eigenvalue weighted by Gasteiger charge is 2.10.